The minimum Gasteiger partial charge on any atom is -0.507 e. The van der Waals surface area contributed by atoms with Crippen molar-refractivity contribution in [3.63, 3.8) is 0 Å². The highest BCUT2D eigenvalue weighted by Crippen LogP contribution is 2.19. The minimum atomic E-state index is -0.495. The minimum absolute atomic E-state index is 0.108. The Balaban J connectivity index is 2.05. The number of nitrogens with zero attached hydrogens (tertiary/aromatic N) is 2. The van der Waals surface area contributed by atoms with Gasteiger partial charge in [-0.3, -0.25) is 4.79 Å². The molecule has 134 valence electrons. The highest BCUT2D eigenvalue weighted by Gasteiger charge is 2.16. The van der Waals surface area contributed by atoms with Crippen LogP contribution in [-0.4, -0.2) is 22.3 Å². The van der Waals surface area contributed by atoms with Crippen molar-refractivity contribution < 1.29 is 14.3 Å². The molecule has 0 saturated heterocycles. The Kier molecular flexibility index (Phi) is 5.52. The third-order valence-corrected chi connectivity index (χ3v) is 3.95. The fourth-order valence-corrected chi connectivity index (χ4v) is 2.53. The van der Waals surface area contributed by atoms with Gasteiger partial charge >= 0.3 is 0 Å². The molecule has 0 atom stereocenters. The lowest BCUT2D eigenvalue weighted by Crippen LogP contribution is -2.15. The van der Waals surface area contributed by atoms with Gasteiger partial charge in [-0.2, -0.15) is 5.10 Å². The first-order valence-electron chi connectivity index (χ1n) is 8.32. The maximum atomic E-state index is 13.5. The van der Waals surface area contributed by atoms with Gasteiger partial charge in [-0.1, -0.05) is 60.7 Å². The second-order valence-electron chi connectivity index (χ2n) is 5.86. The summed E-state index contributed by atoms with van der Waals surface area (Å²) in [7, 11) is 0. The number of rotatable bonds is 5. The average Bonchev–Trinajstić information content (AvgIpc) is 2.71. The van der Waals surface area contributed by atoms with Gasteiger partial charge in [0.2, 0.25) is 5.78 Å². The molecule has 1 N–H and O–H groups in total. The molecule has 0 radical (unpaired) electrons. The SMILES string of the molecule is C/C(=N\N=C(/C(=O)c1ccccc1)c1ccccc1)c1cc(F)ccc1O. The predicted octanol–water partition coefficient (Wildman–Crippen LogP) is 4.63. The van der Waals surface area contributed by atoms with Crippen molar-refractivity contribution in [2.75, 3.05) is 0 Å². The van der Waals surface area contributed by atoms with Crippen LogP contribution in [0.3, 0.4) is 0 Å². The number of hydrogen-bond acceptors (Lipinski definition) is 4. The van der Waals surface area contributed by atoms with Gasteiger partial charge < -0.3 is 5.11 Å². The summed E-state index contributed by atoms with van der Waals surface area (Å²) in [6, 6.07) is 21.3. The summed E-state index contributed by atoms with van der Waals surface area (Å²) in [6.07, 6.45) is 0. The van der Waals surface area contributed by atoms with Crippen molar-refractivity contribution in [2.24, 2.45) is 10.2 Å². The number of Topliss-reactive ketones (excluding diaryl/α,β-unsaturated/α-hetero) is 1. The number of carbonyl (C=O) groups excluding carboxylic acids is 1. The molecular weight excluding hydrogens is 343 g/mol. The Morgan fingerprint density at radius 3 is 2.07 bits per heavy atom. The quantitative estimate of drug-likeness (QED) is 0.410. The van der Waals surface area contributed by atoms with Crippen molar-refractivity contribution in [2.45, 2.75) is 6.92 Å². The molecule has 3 aromatic rings. The zero-order valence-electron chi connectivity index (χ0n) is 14.6. The van der Waals surface area contributed by atoms with Crippen LogP contribution >= 0.6 is 0 Å². The molecule has 27 heavy (non-hydrogen) atoms. The largest absolute Gasteiger partial charge is 0.507 e. The summed E-state index contributed by atoms with van der Waals surface area (Å²) >= 11 is 0. The molecule has 0 saturated carbocycles. The zero-order chi connectivity index (χ0) is 19.2. The van der Waals surface area contributed by atoms with Gasteiger partial charge in [-0.25, -0.2) is 4.39 Å². The first-order valence-corrected chi connectivity index (χ1v) is 8.32. The van der Waals surface area contributed by atoms with E-state index in [4.69, 9.17) is 0 Å². The molecular formula is C22H17FN2O2. The third kappa shape index (κ3) is 4.33. The zero-order valence-corrected chi connectivity index (χ0v) is 14.6. The number of aromatic hydroxyl groups is 1. The van der Waals surface area contributed by atoms with Crippen molar-refractivity contribution in [3.8, 4) is 5.75 Å². The number of phenols is 1. The lowest BCUT2D eigenvalue weighted by molar-refractivity contribution is 0.106. The highest BCUT2D eigenvalue weighted by atomic mass is 19.1. The third-order valence-electron chi connectivity index (χ3n) is 3.95. The summed E-state index contributed by atoms with van der Waals surface area (Å²) in [4.78, 5) is 12.9. The maximum Gasteiger partial charge on any atom is 0.213 e. The number of hydrogen-bond donors (Lipinski definition) is 1. The van der Waals surface area contributed by atoms with E-state index in [-0.39, 0.29) is 22.8 Å². The Hall–Kier alpha value is -3.60. The van der Waals surface area contributed by atoms with E-state index < -0.39 is 5.82 Å². The second kappa shape index (κ2) is 8.19. The number of benzene rings is 3. The van der Waals surface area contributed by atoms with Crippen LogP contribution in [0.25, 0.3) is 0 Å². The molecule has 3 aromatic carbocycles. The smallest absolute Gasteiger partial charge is 0.213 e. The lowest BCUT2D eigenvalue weighted by Gasteiger charge is -2.06. The molecule has 5 heteroatoms. The van der Waals surface area contributed by atoms with E-state index in [0.717, 1.165) is 6.07 Å². The average molecular weight is 360 g/mol. The summed E-state index contributed by atoms with van der Waals surface area (Å²) in [6.45, 7) is 1.59. The van der Waals surface area contributed by atoms with E-state index in [1.54, 1.807) is 55.5 Å². The lowest BCUT2D eigenvalue weighted by atomic mass is 10.0. The van der Waals surface area contributed by atoms with E-state index in [2.05, 4.69) is 10.2 Å². The second-order valence-corrected chi connectivity index (χ2v) is 5.86. The van der Waals surface area contributed by atoms with Crippen LogP contribution in [0.15, 0.2) is 89.1 Å². The number of ketones is 1. The Labute approximate surface area is 156 Å². The van der Waals surface area contributed by atoms with E-state index in [1.807, 2.05) is 12.1 Å². The van der Waals surface area contributed by atoms with Gasteiger partial charge in [0, 0.05) is 16.7 Å². The Morgan fingerprint density at radius 1 is 0.852 bits per heavy atom. The molecule has 4 nitrogen and oxygen atoms in total. The van der Waals surface area contributed by atoms with Gasteiger partial charge in [0.25, 0.3) is 0 Å². The van der Waals surface area contributed by atoms with Crippen LogP contribution in [0, 0.1) is 5.82 Å². The maximum absolute atomic E-state index is 13.5. The van der Waals surface area contributed by atoms with Crippen LogP contribution in [0.4, 0.5) is 4.39 Å². The molecule has 0 aliphatic rings. The van der Waals surface area contributed by atoms with Crippen LogP contribution in [0.1, 0.15) is 28.4 Å². The van der Waals surface area contributed by atoms with Gasteiger partial charge in [-0.05, 0) is 25.1 Å². The van der Waals surface area contributed by atoms with Crippen molar-refractivity contribution in [1.29, 1.82) is 0 Å². The summed E-state index contributed by atoms with van der Waals surface area (Å²) < 4.78 is 13.5. The number of phenolic OH excluding ortho intramolecular Hbond substituents is 1. The van der Waals surface area contributed by atoms with Crippen LogP contribution in [0.2, 0.25) is 0 Å². The van der Waals surface area contributed by atoms with Crippen molar-refractivity contribution >= 4 is 17.2 Å². The molecule has 0 unspecified atom stereocenters. The van der Waals surface area contributed by atoms with Crippen molar-refractivity contribution in [1.82, 2.24) is 0 Å². The molecule has 0 bridgehead atoms. The molecule has 0 aliphatic carbocycles. The van der Waals surface area contributed by atoms with E-state index in [0.29, 0.717) is 16.8 Å². The summed E-state index contributed by atoms with van der Waals surface area (Å²) in [5.41, 5.74) is 1.78. The van der Waals surface area contributed by atoms with Crippen molar-refractivity contribution in [3.05, 3.63) is 101 Å². The van der Waals surface area contributed by atoms with Crippen LogP contribution in [0.5, 0.6) is 5.75 Å². The molecule has 0 aliphatic heterocycles. The van der Waals surface area contributed by atoms with E-state index in [9.17, 15) is 14.3 Å². The molecule has 0 heterocycles. The Bertz CT molecular complexity index is 1010. The standard InChI is InChI=1S/C22H17FN2O2/c1-15(19-14-18(23)12-13-20(19)26)24-25-21(16-8-4-2-5-9-16)22(27)17-10-6-3-7-11-17/h2-14,26H,1H3/b24-15+,25-21-. The number of carbonyl (C=O) groups is 1. The summed E-state index contributed by atoms with van der Waals surface area (Å²) in [5.74, 6) is -0.879. The van der Waals surface area contributed by atoms with Crippen LogP contribution < -0.4 is 0 Å². The van der Waals surface area contributed by atoms with Gasteiger partial charge in [0.15, 0.2) is 0 Å². The topological polar surface area (TPSA) is 62.0 Å². The first kappa shape index (κ1) is 18.2. The molecule has 0 fully saturated rings. The number of halogens is 1. The van der Waals surface area contributed by atoms with Gasteiger partial charge in [0.1, 0.15) is 17.3 Å². The van der Waals surface area contributed by atoms with E-state index >= 15 is 0 Å². The summed E-state index contributed by atoms with van der Waals surface area (Å²) in [5, 5.41) is 18.1. The molecule has 0 aromatic heterocycles. The first-order chi connectivity index (χ1) is 13.1. The fraction of sp³-hybridized carbons (Fsp3) is 0.0455. The highest BCUT2D eigenvalue weighted by molar-refractivity contribution is 6.51. The van der Waals surface area contributed by atoms with E-state index in [1.165, 1.54) is 12.1 Å². The van der Waals surface area contributed by atoms with Gasteiger partial charge in [-0.15, -0.1) is 5.10 Å². The van der Waals surface area contributed by atoms with Gasteiger partial charge in [0.05, 0.1) is 5.71 Å². The molecule has 0 amide bonds. The normalized spacial score (nSPS) is 12.1. The monoisotopic (exact) mass is 360 g/mol. The molecule has 3 rings (SSSR count). The predicted molar refractivity (Wildman–Crippen MR) is 104 cm³/mol. The fourth-order valence-electron chi connectivity index (χ4n) is 2.53. The van der Waals surface area contributed by atoms with Crippen LogP contribution in [-0.2, 0) is 0 Å². The molecule has 0 spiro atoms. The Morgan fingerprint density at radius 2 is 1.44 bits per heavy atom.